The SMILES string of the molecule is CCC(C)(CC(C)(CC(C)(C)C(=O)NCCCCCC(=O)[NH][Ga][I])C(=O)OCCCc1cc(C)on1)C(=O)NCC(C)O. The van der Waals surface area contributed by atoms with Crippen LogP contribution >= 0.6 is 19.7 Å². The Bertz CT molecular complexity index is 1050. The molecule has 0 spiro atoms. The normalized spacial score (nSPS) is 15.0. The molecule has 1 heterocycles. The smallest absolute Gasteiger partial charge is 0.311 e. The first-order valence-electron chi connectivity index (χ1n) is 15.1. The molecule has 0 aliphatic rings. The minimum absolute atomic E-state index is 0.0950. The van der Waals surface area contributed by atoms with Crippen LogP contribution in [-0.2, 0) is 30.3 Å². The first-order valence-corrected chi connectivity index (χ1v) is 23.7. The maximum atomic E-state index is 13.7. The van der Waals surface area contributed by atoms with E-state index in [1.54, 1.807) is 34.6 Å². The van der Waals surface area contributed by atoms with Gasteiger partial charge in [-0.15, -0.1) is 0 Å². The summed E-state index contributed by atoms with van der Waals surface area (Å²) in [6.45, 7) is 13.2. The molecule has 1 rings (SSSR count). The number of hydrogen-bond acceptors (Lipinski definition) is 8. The number of hydrogen-bond donors (Lipinski definition) is 4. The number of aryl methyl sites for hydroxylation is 2. The van der Waals surface area contributed by atoms with Gasteiger partial charge in [-0.1, -0.05) is 19.0 Å². The number of aromatic nitrogens is 1. The fraction of sp³-hybridized carbons (Fsp3) is 0.767. The number of aliphatic hydroxyl groups is 1. The van der Waals surface area contributed by atoms with Crippen molar-refractivity contribution in [1.29, 1.82) is 0 Å². The third kappa shape index (κ3) is 14.4. The zero-order valence-electron chi connectivity index (χ0n) is 26.9. The van der Waals surface area contributed by atoms with Crippen LogP contribution < -0.4 is 14.7 Å². The zero-order valence-corrected chi connectivity index (χ0v) is 31.5. The van der Waals surface area contributed by atoms with Crippen LogP contribution in [0.5, 0.6) is 0 Å². The molecule has 4 N–H and O–H groups in total. The molecule has 0 aromatic carbocycles. The van der Waals surface area contributed by atoms with Crippen molar-refractivity contribution in [1.82, 2.24) is 19.8 Å². The number of nitrogens with one attached hydrogen (secondary N) is 3. The second-order valence-electron chi connectivity index (χ2n) is 12.7. The van der Waals surface area contributed by atoms with Gasteiger partial charge in [0.2, 0.25) is 5.91 Å². The van der Waals surface area contributed by atoms with Gasteiger partial charge in [0, 0.05) is 18.0 Å². The van der Waals surface area contributed by atoms with E-state index in [-0.39, 0.29) is 43.7 Å². The van der Waals surface area contributed by atoms with Crippen molar-refractivity contribution in [3.05, 3.63) is 17.5 Å². The molecule has 3 atom stereocenters. The first kappa shape index (κ1) is 39.4. The van der Waals surface area contributed by atoms with Crippen LogP contribution in [0.4, 0.5) is 0 Å². The molecule has 0 aliphatic heterocycles. The van der Waals surface area contributed by atoms with Gasteiger partial charge in [0.05, 0.1) is 18.4 Å². The molecule has 3 unspecified atom stereocenters. The Balaban J connectivity index is 2.95. The average Bonchev–Trinajstić information content (AvgIpc) is 3.35. The summed E-state index contributed by atoms with van der Waals surface area (Å²) < 4.78 is 13.8. The standard InChI is InChI=1S/C30H52N4O7.Ga.HI/c1-8-29(6,26(38)33-18-21(2)35)20-30(7,27(39)40-16-12-13-23-17-22(3)41-34-23)19-28(4,5)25(37)32-15-11-9-10-14-24(31)36;;/h17,21,35H,8-16,18-20H2,1-7H3,(H4,31,32,33,36,37,38);;1H/q;+2;/p-2. The van der Waals surface area contributed by atoms with Gasteiger partial charge < -0.3 is 19.7 Å². The van der Waals surface area contributed by atoms with Gasteiger partial charge in [-0.25, -0.2) is 0 Å². The second-order valence-corrected chi connectivity index (χ2v) is 17.0. The predicted molar refractivity (Wildman–Crippen MR) is 174 cm³/mol. The number of esters is 1. The van der Waals surface area contributed by atoms with Crippen LogP contribution in [0.25, 0.3) is 0 Å². The number of unbranched alkanes of at least 4 members (excludes halogenated alkanes) is 2. The number of rotatable bonds is 21. The van der Waals surface area contributed by atoms with Crippen molar-refractivity contribution < 1.29 is 33.5 Å². The largest absolute Gasteiger partial charge is 0.465 e. The molecule has 43 heavy (non-hydrogen) atoms. The molecule has 243 valence electrons. The summed E-state index contributed by atoms with van der Waals surface area (Å²) in [7, 11) is 0. The van der Waals surface area contributed by atoms with Crippen LogP contribution in [0.1, 0.15) is 104 Å². The van der Waals surface area contributed by atoms with E-state index in [0.717, 1.165) is 25.0 Å². The molecular formula is C30H51GaIN4O7. The molecule has 1 aromatic heterocycles. The van der Waals surface area contributed by atoms with Crippen molar-refractivity contribution in [2.75, 3.05) is 19.7 Å². The topological polar surface area (TPSA) is 160 Å². The molecule has 13 heteroatoms. The monoisotopic (exact) mass is 775 g/mol. The molecule has 11 nitrogen and oxygen atoms in total. The molecule has 0 saturated carbocycles. The quantitative estimate of drug-likeness (QED) is 0.0633. The van der Waals surface area contributed by atoms with E-state index in [4.69, 9.17) is 9.26 Å². The van der Waals surface area contributed by atoms with E-state index in [0.29, 0.717) is 38.0 Å². The Labute approximate surface area is 275 Å². The Hall–Kier alpha value is -1.58. The molecule has 0 aliphatic carbocycles. The number of carbonyl (C=O) groups is 4. The molecule has 1 aromatic rings. The molecule has 0 fully saturated rings. The number of halogens is 1. The van der Waals surface area contributed by atoms with Crippen LogP contribution in [0.3, 0.4) is 0 Å². The van der Waals surface area contributed by atoms with Crippen LogP contribution in [0.15, 0.2) is 10.6 Å². The summed E-state index contributed by atoms with van der Waals surface area (Å²) in [6, 6.07) is 1.84. The number of ether oxygens (including phenoxy) is 1. The van der Waals surface area contributed by atoms with E-state index >= 15 is 0 Å². The van der Waals surface area contributed by atoms with Crippen molar-refractivity contribution >= 4 is 57.5 Å². The van der Waals surface area contributed by atoms with Crippen molar-refractivity contribution in [2.45, 2.75) is 112 Å². The summed E-state index contributed by atoms with van der Waals surface area (Å²) in [5.74, 6) is -0.0838. The number of aliphatic hydroxyl groups excluding tert-OH is 1. The van der Waals surface area contributed by atoms with E-state index in [2.05, 4.69) is 39.5 Å². The summed E-state index contributed by atoms with van der Waals surface area (Å²) in [6.07, 6.45) is 4.09. The molecular weight excluding hydrogens is 725 g/mol. The predicted octanol–water partition coefficient (Wildman–Crippen LogP) is 3.95. The number of carbonyl (C=O) groups excluding carboxylic acids is 4. The zero-order chi connectivity index (χ0) is 32.7. The number of amides is 3. The maximum absolute atomic E-state index is 13.7. The van der Waals surface area contributed by atoms with Gasteiger partial charge >= 0.3 is 134 Å². The average molecular weight is 776 g/mol. The van der Waals surface area contributed by atoms with E-state index < -0.39 is 42.4 Å². The van der Waals surface area contributed by atoms with Gasteiger partial charge in [-0.3, -0.25) is 9.59 Å². The Morgan fingerprint density at radius 1 is 1.05 bits per heavy atom. The third-order valence-electron chi connectivity index (χ3n) is 7.68. The Morgan fingerprint density at radius 2 is 1.74 bits per heavy atom. The fourth-order valence-electron chi connectivity index (χ4n) is 5.23. The molecule has 1 radical (unpaired) electrons. The Kier molecular flexibility index (Phi) is 17.5. The van der Waals surface area contributed by atoms with Crippen molar-refractivity contribution in [3.63, 3.8) is 0 Å². The molecule has 0 saturated heterocycles. The van der Waals surface area contributed by atoms with E-state index in [9.17, 15) is 24.3 Å². The summed E-state index contributed by atoms with van der Waals surface area (Å²) >= 11 is 1.59. The minimum atomic E-state index is -1.14. The van der Waals surface area contributed by atoms with Gasteiger partial charge in [-0.05, 0) is 46.5 Å². The maximum Gasteiger partial charge on any atom is 0.311 e. The van der Waals surface area contributed by atoms with Gasteiger partial charge in [-0.2, -0.15) is 0 Å². The number of nitrogens with zero attached hydrogens (tertiary/aromatic N) is 1. The summed E-state index contributed by atoms with van der Waals surface area (Å²) in [4.78, 5) is 51.9. The minimum Gasteiger partial charge on any atom is -0.465 e. The van der Waals surface area contributed by atoms with Crippen LogP contribution in [0, 0.1) is 23.2 Å². The molecule has 3 amide bonds. The van der Waals surface area contributed by atoms with Crippen LogP contribution in [0.2, 0.25) is 0 Å². The molecule has 0 bridgehead atoms. The van der Waals surface area contributed by atoms with Crippen LogP contribution in [-0.4, -0.2) is 73.9 Å². The summed E-state index contributed by atoms with van der Waals surface area (Å²) in [5.41, 5.74) is -2.22. The van der Waals surface area contributed by atoms with Gasteiger partial charge in [0.15, 0.2) is 0 Å². The van der Waals surface area contributed by atoms with Crippen molar-refractivity contribution in [3.8, 4) is 0 Å². The van der Waals surface area contributed by atoms with Crippen molar-refractivity contribution in [2.24, 2.45) is 16.2 Å². The van der Waals surface area contributed by atoms with Gasteiger partial charge in [0.25, 0.3) is 0 Å². The summed E-state index contributed by atoms with van der Waals surface area (Å²) in [5, 5.41) is 19.4. The first-order chi connectivity index (χ1) is 20.1. The van der Waals surface area contributed by atoms with E-state index in [1.165, 1.54) is 0 Å². The fourth-order valence-corrected chi connectivity index (χ4v) is 7.60. The third-order valence-corrected chi connectivity index (χ3v) is 10.2. The van der Waals surface area contributed by atoms with E-state index in [1.807, 2.05) is 19.9 Å². The Morgan fingerprint density at radius 3 is 2.33 bits per heavy atom. The second kappa shape index (κ2) is 19.0. The van der Waals surface area contributed by atoms with Gasteiger partial charge in [0.1, 0.15) is 5.76 Å².